The van der Waals surface area contributed by atoms with E-state index in [-0.39, 0.29) is 31.3 Å². The van der Waals surface area contributed by atoms with Crippen molar-refractivity contribution in [2.24, 2.45) is 0 Å². The van der Waals surface area contributed by atoms with E-state index in [0.717, 1.165) is 0 Å². The molecule has 0 aliphatic heterocycles. The van der Waals surface area contributed by atoms with Gasteiger partial charge in [0.15, 0.2) is 5.58 Å². The number of aryl methyl sites for hydroxylation is 1. The first-order valence-corrected chi connectivity index (χ1v) is 7.13. The number of nitrogens with zero attached hydrogens (tertiary/aromatic N) is 2. The van der Waals surface area contributed by atoms with Crippen LogP contribution in [0.15, 0.2) is 33.5 Å². The Hall–Kier alpha value is -2.57. The van der Waals surface area contributed by atoms with Gasteiger partial charge >= 0.3 is 5.76 Å². The zero-order valence-electron chi connectivity index (χ0n) is 12.7. The number of benzene rings is 1. The summed E-state index contributed by atoms with van der Waals surface area (Å²) in [6.45, 7) is 2.49. The number of fused-ring (bicyclic) bond motifs is 1. The van der Waals surface area contributed by atoms with E-state index < -0.39 is 5.76 Å². The molecule has 0 spiro atoms. The minimum Gasteiger partial charge on any atom is -0.408 e. The molecule has 0 aliphatic rings. The lowest BCUT2D eigenvalue weighted by molar-refractivity contribution is -0.135. The number of hydrogen-bond donors (Lipinski definition) is 1. The molecule has 0 radical (unpaired) electrons. The van der Waals surface area contributed by atoms with Gasteiger partial charge in [-0.25, -0.2) is 4.79 Å². The fourth-order valence-electron chi connectivity index (χ4n) is 2.22. The summed E-state index contributed by atoms with van der Waals surface area (Å²) in [5.41, 5.74) is 1.16. The number of aromatic nitrogens is 1. The molecule has 7 heteroatoms. The van der Waals surface area contributed by atoms with Crippen LogP contribution in [0.2, 0.25) is 0 Å². The van der Waals surface area contributed by atoms with Crippen LogP contribution >= 0.6 is 0 Å². The number of oxazole rings is 1. The summed E-state index contributed by atoms with van der Waals surface area (Å²) in [4.78, 5) is 36.8. The Balaban J connectivity index is 2.07. The average Bonchev–Trinajstić information content (AvgIpc) is 2.85. The lowest BCUT2D eigenvalue weighted by Crippen LogP contribution is -2.40. The Morgan fingerprint density at radius 1 is 1.32 bits per heavy atom. The van der Waals surface area contributed by atoms with Gasteiger partial charge in [0.2, 0.25) is 11.8 Å². The molecule has 7 nitrogen and oxygen atoms in total. The Morgan fingerprint density at radius 2 is 2.05 bits per heavy atom. The highest BCUT2D eigenvalue weighted by Gasteiger charge is 2.16. The minimum absolute atomic E-state index is 0.0207. The van der Waals surface area contributed by atoms with Gasteiger partial charge in [0.05, 0.1) is 12.1 Å². The average molecular weight is 305 g/mol. The third-order valence-electron chi connectivity index (χ3n) is 3.47. The van der Waals surface area contributed by atoms with Crippen LogP contribution in [0.5, 0.6) is 0 Å². The standard InChI is InChI=1S/C15H19N3O4/c1-3-17(10-13(19)16-2)14(20)8-9-18-11-6-4-5-7-12(11)22-15(18)21/h4-7H,3,8-10H2,1-2H3,(H,16,19). The van der Waals surface area contributed by atoms with Crippen molar-refractivity contribution in [3.63, 3.8) is 0 Å². The van der Waals surface area contributed by atoms with Gasteiger partial charge in [0.25, 0.3) is 0 Å². The maximum atomic E-state index is 12.2. The number of amides is 2. The molecule has 0 bridgehead atoms. The fraction of sp³-hybridized carbons (Fsp3) is 0.400. The summed E-state index contributed by atoms with van der Waals surface area (Å²) >= 11 is 0. The van der Waals surface area contributed by atoms with Crippen molar-refractivity contribution < 1.29 is 14.0 Å². The van der Waals surface area contributed by atoms with Crippen LogP contribution in [0, 0.1) is 0 Å². The molecule has 118 valence electrons. The SMILES string of the molecule is CCN(CC(=O)NC)C(=O)CCn1c(=O)oc2ccccc21. The van der Waals surface area contributed by atoms with Gasteiger partial charge in [-0.2, -0.15) is 0 Å². The van der Waals surface area contributed by atoms with Gasteiger partial charge in [-0.3, -0.25) is 14.2 Å². The molecular formula is C15H19N3O4. The van der Waals surface area contributed by atoms with E-state index in [1.807, 2.05) is 0 Å². The molecule has 1 aromatic carbocycles. The Bertz CT molecular complexity index is 732. The second-order valence-corrected chi connectivity index (χ2v) is 4.82. The summed E-state index contributed by atoms with van der Waals surface area (Å²) in [5.74, 6) is -0.882. The number of hydrogen-bond acceptors (Lipinski definition) is 4. The third-order valence-corrected chi connectivity index (χ3v) is 3.47. The van der Waals surface area contributed by atoms with Crippen LogP contribution in [0.25, 0.3) is 11.1 Å². The molecule has 0 fully saturated rings. The molecule has 0 saturated heterocycles. The monoisotopic (exact) mass is 305 g/mol. The first-order chi connectivity index (χ1) is 10.6. The lowest BCUT2D eigenvalue weighted by atomic mass is 10.3. The number of nitrogens with one attached hydrogen (secondary N) is 1. The first kappa shape index (κ1) is 15.8. The van der Waals surface area contributed by atoms with Crippen LogP contribution in [-0.2, 0) is 16.1 Å². The maximum absolute atomic E-state index is 12.2. The molecule has 1 N–H and O–H groups in total. The van der Waals surface area contributed by atoms with Crippen LogP contribution in [0.3, 0.4) is 0 Å². The van der Waals surface area contributed by atoms with E-state index in [4.69, 9.17) is 4.42 Å². The number of carbonyl (C=O) groups excluding carboxylic acids is 2. The smallest absolute Gasteiger partial charge is 0.408 e. The second kappa shape index (κ2) is 6.93. The predicted molar refractivity (Wildman–Crippen MR) is 81.4 cm³/mol. The quantitative estimate of drug-likeness (QED) is 0.846. The van der Waals surface area contributed by atoms with Gasteiger partial charge < -0.3 is 14.6 Å². The summed E-state index contributed by atoms with van der Waals surface area (Å²) < 4.78 is 6.55. The molecule has 1 heterocycles. The van der Waals surface area contributed by atoms with Crippen molar-refractivity contribution in [2.45, 2.75) is 19.9 Å². The van der Waals surface area contributed by atoms with E-state index in [9.17, 15) is 14.4 Å². The highest BCUT2D eigenvalue weighted by Crippen LogP contribution is 2.12. The van der Waals surface area contributed by atoms with Crippen molar-refractivity contribution >= 4 is 22.9 Å². The molecule has 22 heavy (non-hydrogen) atoms. The molecule has 1 aromatic heterocycles. The topological polar surface area (TPSA) is 84.5 Å². The summed E-state index contributed by atoms with van der Waals surface area (Å²) in [6, 6.07) is 7.06. The maximum Gasteiger partial charge on any atom is 0.419 e. The predicted octanol–water partition coefficient (Wildman–Crippen LogP) is 0.579. The van der Waals surface area contributed by atoms with Gasteiger partial charge in [-0.15, -0.1) is 0 Å². The number of likely N-dealkylation sites (N-methyl/N-ethyl adjacent to an activating group) is 2. The summed E-state index contributed by atoms with van der Waals surface area (Å²) in [5, 5.41) is 2.48. The zero-order valence-corrected chi connectivity index (χ0v) is 12.7. The first-order valence-electron chi connectivity index (χ1n) is 7.13. The van der Waals surface area contributed by atoms with Gasteiger partial charge in [-0.1, -0.05) is 12.1 Å². The van der Waals surface area contributed by atoms with E-state index in [1.165, 1.54) is 16.5 Å². The van der Waals surface area contributed by atoms with Crippen LogP contribution in [0.1, 0.15) is 13.3 Å². The fourth-order valence-corrected chi connectivity index (χ4v) is 2.22. The molecule has 0 unspecified atom stereocenters. The molecule has 0 saturated carbocycles. The van der Waals surface area contributed by atoms with E-state index in [0.29, 0.717) is 17.6 Å². The number of rotatable bonds is 6. The van der Waals surface area contributed by atoms with Crippen molar-refractivity contribution in [3.8, 4) is 0 Å². The minimum atomic E-state index is -0.483. The molecule has 2 rings (SSSR count). The van der Waals surface area contributed by atoms with E-state index >= 15 is 0 Å². The van der Waals surface area contributed by atoms with Crippen LogP contribution < -0.4 is 11.1 Å². The number of para-hydroxylation sites is 2. The molecule has 2 amide bonds. The summed E-state index contributed by atoms with van der Waals surface area (Å²) in [6.07, 6.45) is 0.133. The Labute approximate surface area is 127 Å². The van der Waals surface area contributed by atoms with Gasteiger partial charge in [0, 0.05) is 26.6 Å². The largest absolute Gasteiger partial charge is 0.419 e. The normalized spacial score (nSPS) is 10.6. The van der Waals surface area contributed by atoms with E-state index in [2.05, 4.69) is 5.32 Å². The van der Waals surface area contributed by atoms with E-state index in [1.54, 1.807) is 31.2 Å². The van der Waals surface area contributed by atoms with Gasteiger partial charge in [0.1, 0.15) is 0 Å². The van der Waals surface area contributed by atoms with Gasteiger partial charge in [-0.05, 0) is 19.1 Å². The highest BCUT2D eigenvalue weighted by atomic mass is 16.4. The number of carbonyl (C=O) groups is 2. The molecule has 0 aliphatic carbocycles. The van der Waals surface area contributed by atoms with Crippen molar-refractivity contribution in [1.29, 1.82) is 0 Å². The Morgan fingerprint density at radius 3 is 2.73 bits per heavy atom. The third kappa shape index (κ3) is 3.36. The van der Waals surface area contributed by atoms with Crippen molar-refractivity contribution in [2.75, 3.05) is 20.1 Å². The van der Waals surface area contributed by atoms with Crippen LogP contribution in [-0.4, -0.2) is 41.4 Å². The Kier molecular flexibility index (Phi) is 4.98. The molecule has 2 aromatic rings. The lowest BCUT2D eigenvalue weighted by Gasteiger charge is -2.19. The molecule has 0 atom stereocenters. The highest BCUT2D eigenvalue weighted by molar-refractivity contribution is 5.84. The van der Waals surface area contributed by atoms with Crippen molar-refractivity contribution in [3.05, 3.63) is 34.8 Å². The molecular weight excluding hydrogens is 286 g/mol. The van der Waals surface area contributed by atoms with Crippen LogP contribution in [0.4, 0.5) is 0 Å². The van der Waals surface area contributed by atoms with Crippen molar-refractivity contribution in [1.82, 2.24) is 14.8 Å². The zero-order chi connectivity index (χ0) is 16.1. The summed E-state index contributed by atoms with van der Waals surface area (Å²) in [7, 11) is 1.53. The second-order valence-electron chi connectivity index (χ2n) is 4.82.